The van der Waals surface area contributed by atoms with Gasteiger partial charge in [0.05, 0.1) is 11.9 Å². The zero-order valence-corrected chi connectivity index (χ0v) is 25.9. The summed E-state index contributed by atoms with van der Waals surface area (Å²) >= 11 is 6.52. The molecule has 1 atom stereocenters. The summed E-state index contributed by atoms with van der Waals surface area (Å²) in [6.07, 6.45) is 5.91. The van der Waals surface area contributed by atoms with E-state index in [1.165, 1.54) is 10.6 Å². The monoisotopic (exact) mass is 609 g/mol. The minimum atomic E-state index is -3.56. The topological polar surface area (TPSA) is 86.8 Å². The number of halogens is 1. The van der Waals surface area contributed by atoms with Crippen LogP contribution in [0, 0.1) is 6.92 Å². The van der Waals surface area contributed by atoms with Gasteiger partial charge in [-0.05, 0) is 55.5 Å². The van der Waals surface area contributed by atoms with Crippen LogP contribution < -0.4 is 9.62 Å². The van der Waals surface area contributed by atoms with E-state index in [9.17, 15) is 18.0 Å². The molecule has 0 aliphatic heterocycles. The molecule has 1 saturated carbocycles. The number of hydrogen-bond donors (Lipinski definition) is 1. The van der Waals surface area contributed by atoms with Crippen LogP contribution in [-0.2, 0) is 32.6 Å². The fraction of sp³-hybridized carbons (Fsp3) is 0.394. The highest BCUT2D eigenvalue weighted by Gasteiger charge is 2.32. The number of benzene rings is 3. The van der Waals surface area contributed by atoms with Crippen LogP contribution in [0.3, 0.4) is 0 Å². The summed E-state index contributed by atoms with van der Waals surface area (Å²) in [6.45, 7) is 2.25. The van der Waals surface area contributed by atoms with Gasteiger partial charge in [-0.15, -0.1) is 0 Å². The van der Waals surface area contributed by atoms with Crippen molar-refractivity contribution in [1.82, 2.24) is 10.2 Å². The van der Waals surface area contributed by atoms with Gasteiger partial charge < -0.3 is 10.2 Å². The first-order chi connectivity index (χ1) is 20.1. The van der Waals surface area contributed by atoms with Gasteiger partial charge in [0.2, 0.25) is 21.8 Å². The molecule has 2 amide bonds. The molecule has 3 aromatic rings. The average molecular weight is 610 g/mol. The number of aryl methyl sites for hydroxylation is 1. The molecule has 1 unspecified atom stereocenters. The first-order valence-corrected chi connectivity index (χ1v) is 16.8. The number of amides is 2. The summed E-state index contributed by atoms with van der Waals surface area (Å²) in [5.41, 5.74) is 3.28. The lowest BCUT2D eigenvalue weighted by atomic mass is 10.0. The number of carbonyl (C=O) groups is 2. The molecule has 0 aromatic heterocycles. The Labute approximate surface area is 254 Å². The van der Waals surface area contributed by atoms with Crippen LogP contribution in [-0.4, -0.2) is 50.0 Å². The first kappa shape index (κ1) is 31.6. The Morgan fingerprint density at radius 2 is 1.60 bits per heavy atom. The van der Waals surface area contributed by atoms with Crippen LogP contribution in [0.15, 0.2) is 78.9 Å². The van der Waals surface area contributed by atoms with Gasteiger partial charge in [0.1, 0.15) is 6.04 Å². The van der Waals surface area contributed by atoms with E-state index >= 15 is 0 Å². The third-order valence-electron chi connectivity index (χ3n) is 7.75. The summed E-state index contributed by atoms with van der Waals surface area (Å²) in [7, 11) is -3.56. The third-order valence-corrected chi connectivity index (χ3v) is 9.31. The number of nitrogens with zero attached hydrogens (tertiary/aromatic N) is 2. The van der Waals surface area contributed by atoms with Crippen LogP contribution >= 0.6 is 11.6 Å². The van der Waals surface area contributed by atoms with Crippen LogP contribution in [0.5, 0.6) is 0 Å². The summed E-state index contributed by atoms with van der Waals surface area (Å²) in [4.78, 5) is 29.4. The normalized spacial score (nSPS) is 14.4. The van der Waals surface area contributed by atoms with Crippen molar-refractivity contribution < 1.29 is 18.0 Å². The Morgan fingerprint density at radius 3 is 2.24 bits per heavy atom. The second-order valence-electron chi connectivity index (χ2n) is 11.1. The maximum Gasteiger partial charge on any atom is 0.243 e. The van der Waals surface area contributed by atoms with E-state index in [0.29, 0.717) is 23.6 Å². The van der Waals surface area contributed by atoms with Crippen molar-refractivity contribution in [3.8, 4) is 0 Å². The lowest BCUT2D eigenvalue weighted by Gasteiger charge is -2.33. The van der Waals surface area contributed by atoms with Crippen LogP contribution in [0.2, 0.25) is 5.02 Å². The molecule has 4 rings (SSSR count). The molecule has 0 spiro atoms. The van der Waals surface area contributed by atoms with Crippen molar-refractivity contribution in [2.45, 2.75) is 70.5 Å². The third kappa shape index (κ3) is 8.82. The van der Waals surface area contributed by atoms with Gasteiger partial charge in [0.15, 0.2) is 0 Å². The van der Waals surface area contributed by atoms with E-state index in [1.807, 2.05) is 67.6 Å². The molecule has 7 nitrogen and oxygen atoms in total. The first-order valence-electron chi connectivity index (χ1n) is 14.5. The molecule has 1 N–H and O–H groups in total. The van der Waals surface area contributed by atoms with Gasteiger partial charge >= 0.3 is 0 Å². The summed E-state index contributed by atoms with van der Waals surface area (Å²) in [5.74, 6) is -0.404. The van der Waals surface area contributed by atoms with Gasteiger partial charge in [-0.25, -0.2) is 8.42 Å². The average Bonchev–Trinajstić information content (AvgIpc) is 3.47. The van der Waals surface area contributed by atoms with Gasteiger partial charge in [-0.3, -0.25) is 13.9 Å². The number of anilines is 1. The summed E-state index contributed by atoms with van der Waals surface area (Å²) in [5, 5.41) is 3.72. The molecular formula is C33H40ClN3O4S. The van der Waals surface area contributed by atoms with E-state index in [2.05, 4.69) is 5.32 Å². The fourth-order valence-corrected chi connectivity index (χ4v) is 6.61. The molecule has 42 heavy (non-hydrogen) atoms. The molecule has 1 aliphatic carbocycles. The van der Waals surface area contributed by atoms with Crippen LogP contribution in [0.25, 0.3) is 0 Å². The van der Waals surface area contributed by atoms with E-state index in [1.54, 1.807) is 23.1 Å². The highest BCUT2D eigenvalue weighted by Crippen LogP contribution is 2.24. The molecule has 0 saturated heterocycles. The number of carbonyl (C=O) groups excluding carboxylic acids is 2. The zero-order chi connectivity index (χ0) is 30.1. The smallest absolute Gasteiger partial charge is 0.243 e. The van der Waals surface area contributed by atoms with Gasteiger partial charge in [-0.1, -0.05) is 90.7 Å². The predicted molar refractivity (Wildman–Crippen MR) is 169 cm³/mol. The highest BCUT2D eigenvalue weighted by atomic mass is 35.5. The Bertz CT molecular complexity index is 1440. The lowest BCUT2D eigenvalue weighted by molar-refractivity contribution is -0.141. The molecule has 0 bridgehead atoms. The zero-order valence-electron chi connectivity index (χ0n) is 24.3. The minimum Gasteiger partial charge on any atom is -0.352 e. The second-order valence-corrected chi connectivity index (χ2v) is 13.4. The van der Waals surface area contributed by atoms with Crippen LogP contribution in [0.1, 0.15) is 55.2 Å². The lowest BCUT2D eigenvalue weighted by Crippen LogP contribution is -2.52. The number of nitrogens with one attached hydrogen (secondary N) is 1. The van der Waals surface area contributed by atoms with E-state index < -0.39 is 16.1 Å². The summed E-state index contributed by atoms with van der Waals surface area (Å²) < 4.78 is 26.6. The maximum absolute atomic E-state index is 14.0. The molecule has 0 heterocycles. The van der Waals surface area contributed by atoms with Crippen molar-refractivity contribution in [2.24, 2.45) is 0 Å². The van der Waals surface area contributed by atoms with Crippen molar-refractivity contribution in [1.29, 1.82) is 0 Å². The van der Waals surface area contributed by atoms with Crippen LogP contribution in [0.4, 0.5) is 5.69 Å². The molecular weight excluding hydrogens is 570 g/mol. The number of sulfonamides is 1. The predicted octanol–water partition coefficient (Wildman–Crippen LogP) is 5.89. The van der Waals surface area contributed by atoms with Gasteiger partial charge in [0, 0.05) is 37.0 Å². The number of rotatable bonds is 13. The molecule has 1 aliphatic rings. The Hall–Kier alpha value is -3.36. The Morgan fingerprint density at radius 1 is 0.952 bits per heavy atom. The van der Waals surface area contributed by atoms with Crippen molar-refractivity contribution >= 4 is 39.1 Å². The standard InChI is InChI=1S/C33H40ClN3O4S/c1-25-18-20-29(21-19-25)37(42(2,40)41)22-10-17-32(38)36(24-27-13-6-9-16-30(27)34)31(23-26-11-4-3-5-12-26)33(39)35-28-14-7-8-15-28/h3-6,9,11-13,16,18-21,28,31H,7-8,10,14-15,17,22-24H2,1-2H3,(H,35,39). The largest absolute Gasteiger partial charge is 0.352 e. The van der Waals surface area contributed by atoms with Crippen molar-refractivity contribution in [3.05, 3.63) is 101 Å². The van der Waals surface area contributed by atoms with Crippen molar-refractivity contribution in [2.75, 3.05) is 17.1 Å². The summed E-state index contributed by atoms with van der Waals surface area (Å²) in [6, 6.07) is 23.6. The highest BCUT2D eigenvalue weighted by molar-refractivity contribution is 7.92. The van der Waals surface area contributed by atoms with Crippen molar-refractivity contribution in [3.63, 3.8) is 0 Å². The molecule has 0 radical (unpaired) electrons. The molecule has 224 valence electrons. The maximum atomic E-state index is 14.0. The fourth-order valence-electron chi connectivity index (χ4n) is 5.45. The van der Waals surface area contributed by atoms with E-state index in [0.717, 1.165) is 42.4 Å². The number of hydrogen-bond acceptors (Lipinski definition) is 4. The second kappa shape index (κ2) is 14.7. The van der Waals surface area contributed by atoms with E-state index in [-0.39, 0.29) is 37.4 Å². The Kier molecular flexibility index (Phi) is 11.0. The molecule has 3 aromatic carbocycles. The van der Waals surface area contributed by atoms with Gasteiger partial charge in [-0.2, -0.15) is 0 Å². The molecule has 1 fully saturated rings. The minimum absolute atomic E-state index is 0.0737. The van der Waals surface area contributed by atoms with Gasteiger partial charge in [0.25, 0.3) is 0 Å². The SMILES string of the molecule is Cc1ccc(N(CCCC(=O)N(Cc2ccccc2Cl)C(Cc2ccccc2)C(=O)NC2CCCC2)S(C)(=O)=O)cc1. The Balaban J connectivity index is 1.59. The molecule has 9 heteroatoms. The quantitative estimate of drug-likeness (QED) is 0.262. The van der Waals surface area contributed by atoms with E-state index in [4.69, 9.17) is 11.6 Å².